The molecule has 1 saturated heterocycles. The summed E-state index contributed by atoms with van der Waals surface area (Å²) >= 11 is 0. The molecule has 0 radical (unpaired) electrons. The molecule has 15 nitrogen and oxygen atoms in total. The third-order valence-electron chi connectivity index (χ3n) is 8.84. The van der Waals surface area contributed by atoms with E-state index >= 15 is 0 Å². The molecule has 1 aliphatic carbocycles. The summed E-state index contributed by atoms with van der Waals surface area (Å²) in [6.45, 7) is 8.64. The van der Waals surface area contributed by atoms with E-state index in [1.807, 2.05) is 36.9 Å². The van der Waals surface area contributed by atoms with Crippen molar-refractivity contribution in [1.82, 2.24) is 44.9 Å². The molecule has 1 aliphatic heterocycles. The number of methoxy groups -OCH3 is 1. The van der Waals surface area contributed by atoms with Gasteiger partial charge in [0.1, 0.15) is 29.9 Å². The second-order valence-corrected chi connectivity index (χ2v) is 12.4. The van der Waals surface area contributed by atoms with Crippen LogP contribution in [0.15, 0.2) is 43.1 Å². The van der Waals surface area contributed by atoms with E-state index in [9.17, 15) is 5.26 Å². The first-order chi connectivity index (χ1) is 23.5. The molecule has 0 amide bonds. The fourth-order valence-corrected chi connectivity index (χ4v) is 6.23. The average molecular weight is 658 g/mol. The number of ether oxygens (including phenoxy) is 4. The summed E-state index contributed by atoms with van der Waals surface area (Å²) in [5.41, 5.74) is 2.75. The van der Waals surface area contributed by atoms with Gasteiger partial charge in [0.25, 0.3) is 5.88 Å². The van der Waals surface area contributed by atoms with Crippen molar-refractivity contribution in [2.45, 2.75) is 76.8 Å². The molecular formula is C33H43N11O4. The van der Waals surface area contributed by atoms with Crippen molar-refractivity contribution < 1.29 is 18.9 Å². The second-order valence-electron chi connectivity index (χ2n) is 12.4. The molecule has 254 valence electrons. The molecule has 0 spiro atoms. The van der Waals surface area contributed by atoms with Crippen LogP contribution >= 0.6 is 0 Å². The monoisotopic (exact) mass is 657 g/mol. The van der Waals surface area contributed by atoms with Gasteiger partial charge in [0, 0.05) is 57.2 Å². The smallest absolute Gasteiger partial charge is 0.257 e. The highest BCUT2D eigenvalue weighted by Gasteiger charge is 2.29. The van der Waals surface area contributed by atoms with Gasteiger partial charge in [0.05, 0.1) is 43.7 Å². The van der Waals surface area contributed by atoms with Gasteiger partial charge in [-0.25, -0.2) is 14.6 Å². The zero-order chi connectivity index (χ0) is 33.3. The van der Waals surface area contributed by atoms with Crippen molar-refractivity contribution in [2.75, 3.05) is 45.3 Å². The first kappa shape index (κ1) is 33.3. The van der Waals surface area contributed by atoms with Gasteiger partial charge >= 0.3 is 0 Å². The minimum atomic E-state index is -0.270. The predicted octanol–water partition coefficient (Wildman–Crippen LogP) is 4.03. The van der Waals surface area contributed by atoms with E-state index in [1.165, 1.54) is 6.33 Å². The molecule has 15 heteroatoms. The van der Waals surface area contributed by atoms with Crippen molar-refractivity contribution in [1.29, 1.82) is 5.26 Å². The molecule has 4 aromatic rings. The zero-order valence-corrected chi connectivity index (χ0v) is 27.7. The third-order valence-corrected chi connectivity index (χ3v) is 8.84. The lowest BCUT2D eigenvalue weighted by Gasteiger charge is -2.38. The van der Waals surface area contributed by atoms with Gasteiger partial charge < -0.3 is 24.3 Å². The van der Waals surface area contributed by atoms with Crippen LogP contribution in [0.5, 0.6) is 11.6 Å². The van der Waals surface area contributed by atoms with Crippen LogP contribution in [0, 0.1) is 11.3 Å². The Balaban J connectivity index is 1.15. The largest absolute Gasteiger partial charge is 0.487 e. The van der Waals surface area contributed by atoms with Gasteiger partial charge in [0.15, 0.2) is 0 Å². The number of anilines is 2. The second kappa shape index (κ2) is 16.0. The Morgan fingerprint density at radius 3 is 2.50 bits per heavy atom. The standard InChI is InChI=1S/C33H43N11O4/c1-23(10-13-45-3)48-32-30(21-44(39-32)29-8-6-28(7-9-29)42-11-14-46-15-12-42)38-33-35-18-27(19-36-33)25-4-5-26(17-34)31(16-25)47-24(2)20-43-22-37-40-41-43/h4-5,16,18-19,21-24,28-29H,6-15,20H2,1-3H3,(H,35,36,38)/t23?,24-,28-,29-/m0/s1. The minimum Gasteiger partial charge on any atom is -0.487 e. The molecule has 2 aliphatic rings. The lowest BCUT2D eigenvalue weighted by Crippen LogP contribution is -2.45. The van der Waals surface area contributed by atoms with Crippen LogP contribution in [0.1, 0.15) is 57.6 Å². The number of hydrogen-bond donors (Lipinski definition) is 1. The summed E-state index contributed by atoms with van der Waals surface area (Å²) in [4.78, 5) is 11.8. The summed E-state index contributed by atoms with van der Waals surface area (Å²) < 4.78 is 26.8. The average Bonchev–Trinajstić information content (AvgIpc) is 3.78. The molecule has 1 saturated carbocycles. The van der Waals surface area contributed by atoms with Crippen molar-refractivity contribution in [3.63, 3.8) is 0 Å². The van der Waals surface area contributed by atoms with Crippen LogP contribution in [0.25, 0.3) is 11.1 Å². The zero-order valence-electron chi connectivity index (χ0n) is 27.7. The molecule has 1 aromatic carbocycles. The van der Waals surface area contributed by atoms with Gasteiger partial charge in [-0.15, -0.1) is 10.2 Å². The molecule has 4 heterocycles. The van der Waals surface area contributed by atoms with Crippen LogP contribution < -0.4 is 14.8 Å². The lowest BCUT2D eigenvalue weighted by molar-refractivity contribution is 0.00500. The number of morpholine rings is 1. The number of hydrogen-bond acceptors (Lipinski definition) is 13. The summed E-state index contributed by atoms with van der Waals surface area (Å²) in [6.07, 6.45) is 11.8. The minimum absolute atomic E-state index is 0.0856. The molecular weight excluding hydrogens is 614 g/mol. The van der Waals surface area contributed by atoms with Crippen molar-refractivity contribution >= 4 is 11.6 Å². The van der Waals surface area contributed by atoms with Crippen molar-refractivity contribution in [3.8, 4) is 28.8 Å². The van der Waals surface area contributed by atoms with Gasteiger partial charge in [0.2, 0.25) is 5.95 Å². The highest BCUT2D eigenvalue weighted by Crippen LogP contribution is 2.35. The van der Waals surface area contributed by atoms with E-state index in [0.29, 0.717) is 54.1 Å². The third kappa shape index (κ3) is 8.43. The van der Waals surface area contributed by atoms with Crippen LogP contribution in [-0.2, 0) is 16.0 Å². The Kier molecular flexibility index (Phi) is 11.1. The van der Waals surface area contributed by atoms with Crippen LogP contribution in [0.3, 0.4) is 0 Å². The number of benzene rings is 1. The Morgan fingerprint density at radius 1 is 1.02 bits per heavy atom. The fraction of sp³-hybridized carbons (Fsp3) is 0.545. The highest BCUT2D eigenvalue weighted by atomic mass is 16.5. The van der Waals surface area contributed by atoms with E-state index in [2.05, 4.69) is 41.8 Å². The highest BCUT2D eigenvalue weighted by molar-refractivity contribution is 5.67. The quantitative estimate of drug-likeness (QED) is 0.207. The summed E-state index contributed by atoms with van der Waals surface area (Å²) in [7, 11) is 1.69. The maximum absolute atomic E-state index is 9.67. The fourth-order valence-electron chi connectivity index (χ4n) is 6.23. The predicted molar refractivity (Wildman–Crippen MR) is 176 cm³/mol. The summed E-state index contributed by atoms with van der Waals surface area (Å²) in [5, 5.41) is 29.1. The van der Waals surface area contributed by atoms with E-state index in [-0.39, 0.29) is 12.2 Å². The summed E-state index contributed by atoms with van der Waals surface area (Å²) in [6, 6.07) is 8.51. The Bertz CT molecular complexity index is 1630. The number of nitriles is 1. The molecule has 1 N–H and O–H groups in total. The van der Waals surface area contributed by atoms with E-state index in [1.54, 1.807) is 30.3 Å². The summed E-state index contributed by atoms with van der Waals surface area (Å²) in [5.74, 6) is 1.41. The van der Waals surface area contributed by atoms with Gasteiger partial charge in [-0.2, -0.15) is 5.26 Å². The first-order valence-electron chi connectivity index (χ1n) is 16.6. The number of aromatic nitrogens is 8. The number of rotatable bonds is 14. The number of nitrogens with one attached hydrogen (secondary N) is 1. The molecule has 2 fully saturated rings. The topological polar surface area (TPSA) is 163 Å². The lowest BCUT2D eigenvalue weighted by atomic mass is 9.90. The first-order valence-corrected chi connectivity index (χ1v) is 16.6. The Morgan fingerprint density at radius 2 is 1.79 bits per heavy atom. The van der Waals surface area contributed by atoms with Crippen molar-refractivity contribution in [3.05, 3.63) is 48.7 Å². The molecule has 2 atom stereocenters. The molecule has 1 unspecified atom stereocenters. The van der Waals surface area contributed by atoms with E-state index in [0.717, 1.165) is 69.5 Å². The maximum Gasteiger partial charge on any atom is 0.257 e. The van der Waals surface area contributed by atoms with Crippen LogP contribution in [0.4, 0.5) is 11.6 Å². The number of tetrazole rings is 1. The van der Waals surface area contributed by atoms with Gasteiger partial charge in [-0.05, 0) is 67.7 Å². The van der Waals surface area contributed by atoms with Gasteiger partial charge in [-0.1, -0.05) is 6.07 Å². The molecule has 6 rings (SSSR count). The SMILES string of the molecule is COCCC(C)Oc1nn([C@H]2CC[C@H](N3CCOCC3)CC2)cc1Nc1ncc(-c2ccc(C#N)c(O[C@@H](C)Cn3cnnn3)c2)cn1. The van der Waals surface area contributed by atoms with E-state index in [4.69, 9.17) is 24.0 Å². The van der Waals surface area contributed by atoms with Gasteiger partial charge in [-0.3, -0.25) is 9.58 Å². The van der Waals surface area contributed by atoms with Crippen LogP contribution in [0.2, 0.25) is 0 Å². The van der Waals surface area contributed by atoms with E-state index < -0.39 is 0 Å². The van der Waals surface area contributed by atoms with Crippen LogP contribution in [-0.4, -0.2) is 103 Å². The maximum atomic E-state index is 9.67. The number of nitrogens with zero attached hydrogens (tertiary/aromatic N) is 10. The Labute approximate surface area is 280 Å². The Hall–Kier alpha value is -4.65. The van der Waals surface area contributed by atoms with Crippen molar-refractivity contribution in [2.24, 2.45) is 0 Å². The normalized spacial score (nSPS) is 19.7. The molecule has 48 heavy (non-hydrogen) atoms. The molecule has 3 aromatic heterocycles. The molecule has 0 bridgehead atoms.